The quantitative estimate of drug-likeness (QED) is 0.636. The fraction of sp³-hybridized carbons (Fsp3) is 0.227. The molecule has 146 valence electrons. The van der Waals surface area contributed by atoms with Crippen LogP contribution in [0.15, 0.2) is 71.5 Å². The van der Waals surface area contributed by atoms with Crippen molar-refractivity contribution in [2.24, 2.45) is 5.92 Å². The number of aromatic nitrogens is 3. The average molecular weight is 404 g/mol. The first kappa shape index (κ1) is 18.0. The van der Waals surface area contributed by atoms with Gasteiger partial charge in [0.05, 0.1) is 12.0 Å². The zero-order valence-corrected chi connectivity index (χ0v) is 16.5. The van der Waals surface area contributed by atoms with E-state index in [-0.39, 0.29) is 23.5 Å². The number of phenolic OH excluding ortho intramolecular Hbond substituents is 1. The van der Waals surface area contributed by atoms with Crippen molar-refractivity contribution < 1.29 is 9.90 Å². The summed E-state index contributed by atoms with van der Waals surface area (Å²) < 4.78 is 1.80. The molecule has 2 N–H and O–H groups in total. The summed E-state index contributed by atoms with van der Waals surface area (Å²) >= 11 is 1.56. The molecule has 29 heavy (non-hydrogen) atoms. The molecule has 5 rings (SSSR count). The van der Waals surface area contributed by atoms with Crippen molar-refractivity contribution in [2.75, 3.05) is 5.32 Å². The number of anilines is 1. The topological polar surface area (TPSA) is 80.0 Å². The molecule has 0 saturated carbocycles. The smallest absolute Gasteiger partial charge is 0.227 e. The molecular formula is C22H20N4O2S. The number of hydrogen-bond acceptors (Lipinski definition) is 6. The van der Waals surface area contributed by atoms with Crippen LogP contribution in [-0.4, -0.2) is 25.7 Å². The molecule has 0 bridgehead atoms. The van der Waals surface area contributed by atoms with E-state index < -0.39 is 0 Å². The van der Waals surface area contributed by atoms with Crippen molar-refractivity contribution in [1.29, 1.82) is 0 Å². The Hall–Kier alpha value is -3.06. The molecule has 0 radical (unpaired) electrons. The lowest BCUT2D eigenvalue weighted by Crippen LogP contribution is -2.38. The minimum Gasteiger partial charge on any atom is -0.508 e. The summed E-state index contributed by atoms with van der Waals surface area (Å²) in [4.78, 5) is 17.5. The van der Waals surface area contributed by atoms with Crippen LogP contribution in [0, 0.1) is 5.92 Å². The number of phenols is 1. The number of nitrogens with one attached hydrogen (secondary N) is 1. The molecule has 0 saturated heterocycles. The van der Waals surface area contributed by atoms with Gasteiger partial charge in [-0.2, -0.15) is 4.98 Å². The van der Waals surface area contributed by atoms with Gasteiger partial charge in [-0.05, 0) is 29.7 Å². The number of carbonyl (C=O) groups excluding carboxylic acids is 1. The monoisotopic (exact) mass is 404 g/mol. The van der Waals surface area contributed by atoms with Gasteiger partial charge in [0.25, 0.3) is 0 Å². The van der Waals surface area contributed by atoms with Gasteiger partial charge in [0, 0.05) is 17.9 Å². The zero-order chi connectivity index (χ0) is 19.8. The second-order valence-electron chi connectivity index (χ2n) is 7.24. The zero-order valence-electron chi connectivity index (χ0n) is 15.7. The molecule has 3 aromatic rings. The maximum Gasteiger partial charge on any atom is 0.227 e. The Morgan fingerprint density at radius 3 is 2.86 bits per heavy atom. The molecule has 2 atom stereocenters. The third-order valence-corrected chi connectivity index (χ3v) is 6.22. The van der Waals surface area contributed by atoms with Crippen molar-refractivity contribution in [3.05, 3.63) is 77.5 Å². The summed E-state index contributed by atoms with van der Waals surface area (Å²) in [6.45, 7) is 0. The molecule has 2 aromatic carbocycles. The molecule has 1 aromatic heterocycles. The number of allylic oxidation sites excluding steroid dienone is 2. The number of benzene rings is 2. The summed E-state index contributed by atoms with van der Waals surface area (Å²) in [5.41, 5.74) is 2.94. The van der Waals surface area contributed by atoms with Crippen LogP contribution in [0.3, 0.4) is 0 Å². The van der Waals surface area contributed by atoms with Gasteiger partial charge in [-0.15, -0.1) is 5.10 Å². The van der Waals surface area contributed by atoms with Crippen LogP contribution in [-0.2, 0) is 10.5 Å². The van der Waals surface area contributed by atoms with Crippen LogP contribution in [0.4, 0.5) is 5.95 Å². The molecule has 0 spiro atoms. The van der Waals surface area contributed by atoms with E-state index in [2.05, 4.69) is 28.5 Å². The van der Waals surface area contributed by atoms with Crippen molar-refractivity contribution in [1.82, 2.24) is 14.8 Å². The molecule has 0 unspecified atom stereocenters. The predicted molar refractivity (Wildman–Crippen MR) is 112 cm³/mol. The minimum atomic E-state index is -0.341. The highest BCUT2D eigenvalue weighted by Crippen LogP contribution is 2.42. The summed E-state index contributed by atoms with van der Waals surface area (Å²) in [6, 6.07) is 16.9. The lowest BCUT2D eigenvalue weighted by Gasteiger charge is -2.36. The molecule has 7 heteroatoms. The Labute approximate surface area is 172 Å². The second kappa shape index (κ2) is 7.40. The number of hydrogen-bond donors (Lipinski definition) is 2. The van der Waals surface area contributed by atoms with E-state index >= 15 is 0 Å². The number of rotatable bonds is 4. The van der Waals surface area contributed by atoms with Gasteiger partial charge in [0.1, 0.15) is 11.5 Å². The maximum absolute atomic E-state index is 12.8. The van der Waals surface area contributed by atoms with Gasteiger partial charge in [-0.3, -0.25) is 4.79 Å². The van der Waals surface area contributed by atoms with Gasteiger partial charge in [0.15, 0.2) is 0 Å². The number of ketones is 1. The Kier molecular flexibility index (Phi) is 4.60. The maximum atomic E-state index is 12.8. The average Bonchev–Trinajstić information content (AvgIpc) is 3.14. The summed E-state index contributed by atoms with van der Waals surface area (Å²) in [6.07, 6.45) is 3.33. The van der Waals surface area contributed by atoms with E-state index in [0.717, 1.165) is 23.4 Å². The predicted octanol–water partition coefficient (Wildman–Crippen LogP) is 4.15. The molecule has 1 aliphatic heterocycles. The van der Waals surface area contributed by atoms with Crippen LogP contribution in [0.2, 0.25) is 0 Å². The number of carbonyl (C=O) groups is 1. The molecule has 6 nitrogen and oxygen atoms in total. The molecule has 2 aliphatic rings. The largest absolute Gasteiger partial charge is 0.508 e. The van der Waals surface area contributed by atoms with Crippen LogP contribution in [0.25, 0.3) is 0 Å². The fourth-order valence-corrected chi connectivity index (χ4v) is 4.76. The van der Waals surface area contributed by atoms with E-state index in [1.54, 1.807) is 34.6 Å². The SMILES string of the molecule is O=C1CCC=C2Nc3nc(SCc4ccccc4)nn3[C@@H](c3cccc(O)c3)[C@H]12. The van der Waals surface area contributed by atoms with Gasteiger partial charge in [0.2, 0.25) is 11.1 Å². The number of aromatic hydroxyl groups is 1. The molecule has 2 heterocycles. The Balaban J connectivity index is 1.53. The third kappa shape index (κ3) is 3.42. The Morgan fingerprint density at radius 1 is 1.17 bits per heavy atom. The first-order chi connectivity index (χ1) is 14.2. The third-order valence-electron chi connectivity index (χ3n) is 5.31. The van der Waals surface area contributed by atoms with E-state index in [1.165, 1.54) is 5.56 Å². The molecular weight excluding hydrogens is 384 g/mol. The van der Waals surface area contributed by atoms with Crippen molar-refractivity contribution in [3.8, 4) is 5.75 Å². The highest BCUT2D eigenvalue weighted by atomic mass is 32.2. The number of thioether (sulfide) groups is 1. The van der Waals surface area contributed by atoms with Gasteiger partial charge < -0.3 is 10.4 Å². The first-order valence-electron chi connectivity index (χ1n) is 9.61. The summed E-state index contributed by atoms with van der Waals surface area (Å²) in [5.74, 6) is 1.42. The van der Waals surface area contributed by atoms with Crippen LogP contribution >= 0.6 is 11.8 Å². The normalized spacial score (nSPS) is 20.4. The number of Topliss-reactive ketones (excluding diaryl/α,β-unsaturated/α-hetero) is 1. The van der Waals surface area contributed by atoms with Gasteiger partial charge in [-0.1, -0.05) is 60.3 Å². The summed E-state index contributed by atoms with van der Waals surface area (Å²) in [7, 11) is 0. The first-order valence-corrected chi connectivity index (χ1v) is 10.6. The summed E-state index contributed by atoms with van der Waals surface area (Å²) in [5, 5.41) is 18.7. The van der Waals surface area contributed by atoms with E-state index in [1.807, 2.05) is 24.3 Å². The van der Waals surface area contributed by atoms with Gasteiger partial charge in [-0.25, -0.2) is 4.68 Å². The van der Waals surface area contributed by atoms with Crippen molar-refractivity contribution in [2.45, 2.75) is 29.8 Å². The highest BCUT2D eigenvalue weighted by molar-refractivity contribution is 7.98. The second-order valence-corrected chi connectivity index (χ2v) is 8.19. The number of fused-ring (bicyclic) bond motifs is 2. The van der Waals surface area contributed by atoms with Crippen LogP contribution in [0.5, 0.6) is 5.75 Å². The van der Waals surface area contributed by atoms with Crippen molar-refractivity contribution >= 4 is 23.5 Å². The minimum absolute atomic E-state index is 0.176. The van der Waals surface area contributed by atoms with Crippen molar-refractivity contribution in [3.63, 3.8) is 0 Å². The molecule has 1 aliphatic carbocycles. The lowest BCUT2D eigenvalue weighted by molar-refractivity contribution is -0.123. The van der Waals surface area contributed by atoms with Gasteiger partial charge >= 0.3 is 0 Å². The van der Waals surface area contributed by atoms with E-state index in [9.17, 15) is 9.90 Å². The Morgan fingerprint density at radius 2 is 2.03 bits per heavy atom. The Bertz CT molecular complexity index is 1090. The lowest BCUT2D eigenvalue weighted by atomic mass is 9.81. The number of nitrogens with zero attached hydrogens (tertiary/aromatic N) is 3. The molecule has 0 amide bonds. The van der Waals surface area contributed by atoms with E-state index in [4.69, 9.17) is 5.10 Å². The van der Waals surface area contributed by atoms with E-state index in [0.29, 0.717) is 17.5 Å². The highest BCUT2D eigenvalue weighted by Gasteiger charge is 2.41. The van der Waals surface area contributed by atoms with Crippen LogP contribution in [0.1, 0.15) is 30.0 Å². The fourth-order valence-electron chi connectivity index (χ4n) is 3.98. The standard InChI is InChI=1S/C22H20N4O2S/c27-16-9-4-8-15(12-16)20-19-17(10-5-11-18(19)28)23-21-24-22(25-26(20)21)29-13-14-6-2-1-3-7-14/h1-4,6-10,12,19-20,27H,5,11,13H2,(H,23,24,25)/t19-,20-/m0/s1. The van der Waals surface area contributed by atoms with Crippen LogP contribution < -0.4 is 5.32 Å². The molecule has 0 fully saturated rings.